The Morgan fingerprint density at radius 3 is 2.67 bits per heavy atom. The van der Waals surface area contributed by atoms with Gasteiger partial charge in [-0.15, -0.1) is 0 Å². The van der Waals surface area contributed by atoms with E-state index in [1.165, 1.54) is 11.6 Å². The molecule has 2 atom stereocenters. The number of benzene rings is 3. The Balaban J connectivity index is 1.03. The molecule has 3 aromatic rings. The minimum atomic E-state index is -0.831. The van der Waals surface area contributed by atoms with Crippen LogP contribution in [0.5, 0.6) is 11.5 Å². The van der Waals surface area contributed by atoms with Crippen LogP contribution >= 0.6 is 0 Å². The number of halogens is 2. The van der Waals surface area contributed by atoms with Crippen molar-refractivity contribution in [1.82, 2.24) is 5.32 Å². The van der Waals surface area contributed by atoms with Crippen molar-refractivity contribution in [2.45, 2.75) is 37.6 Å². The first kappa shape index (κ1) is 28.7. The fraction of sp³-hybridized carbons (Fsp3) is 0.455. The topological polar surface area (TPSA) is 55.4 Å². The van der Waals surface area contributed by atoms with Crippen molar-refractivity contribution in [3.8, 4) is 11.5 Å². The zero-order valence-electron chi connectivity index (χ0n) is 24.1. The molecule has 3 aliphatic heterocycles. The largest absolute Gasteiger partial charge is 0.490 e. The third kappa shape index (κ3) is 6.64. The van der Waals surface area contributed by atoms with Gasteiger partial charge in [0.2, 0.25) is 0 Å². The molecule has 0 spiro atoms. The molecule has 0 saturated carbocycles. The van der Waals surface area contributed by atoms with Crippen LogP contribution < -0.4 is 24.6 Å². The third-order valence-electron chi connectivity index (χ3n) is 8.38. The maximum atomic E-state index is 13.6. The Hall–Kier alpha value is -3.40. The summed E-state index contributed by atoms with van der Waals surface area (Å²) in [7, 11) is 1.74. The lowest BCUT2D eigenvalue weighted by Gasteiger charge is -2.40. The molecule has 2 unspecified atom stereocenters. The summed E-state index contributed by atoms with van der Waals surface area (Å²) < 4.78 is 50.6. The summed E-state index contributed by atoms with van der Waals surface area (Å²) in [4.78, 5) is 4.35. The van der Waals surface area contributed by atoms with Crippen LogP contribution in [0, 0.1) is 11.6 Å². The van der Waals surface area contributed by atoms with Crippen molar-refractivity contribution < 1.29 is 27.7 Å². The number of ether oxygens (including phenoxy) is 4. The number of anilines is 2. The van der Waals surface area contributed by atoms with Crippen molar-refractivity contribution in [3.05, 3.63) is 83.4 Å². The molecule has 3 aromatic carbocycles. The van der Waals surface area contributed by atoms with Crippen LogP contribution in [0.1, 0.15) is 29.9 Å². The molecular formula is C33H39F2N3O4. The zero-order valence-corrected chi connectivity index (χ0v) is 24.1. The summed E-state index contributed by atoms with van der Waals surface area (Å²) in [6.45, 7) is 6.84. The van der Waals surface area contributed by atoms with Crippen LogP contribution in [-0.2, 0) is 16.1 Å². The highest BCUT2D eigenvalue weighted by atomic mass is 19.2. The molecule has 9 heteroatoms. The van der Waals surface area contributed by atoms with Gasteiger partial charge in [0.1, 0.15) is 24.2 Å². The highest BCUT2D eigenvalue weighted by Crippen LogP contribution is 2.34. The average Bonchev–Trinajstić information content (AvgIpc) is 3.00. The van der Waals surface area contributed by atoms with Gasteiger partial charge in [-0.25, -0.2) is 8.78 Å². The van der Waals surface area contributed by atoms with E-state index in [0.29, 0.717) is 37.9 Å². The predicted molar refractivity (Wildman–Crippen MR) is 159 cm³/mol. The van der Waals surface area contributed by atoms with Gasteiger partial charge in [-0.3, -0.25) is 0 Å². The van der Waals surface area contributed by atoms with E-state index in [4.69, 9.17) is 18.9 Å². The first-order chi connectivity index (χ1) is 20.6. The molecule has 1 N–H and O–H groups in total. The fourth-order valence-electron chi connectivity index (χ4n) is 6.02. The van der Waals surface area contributed by atoms with E-state index >= 15 is 0 Å². The number of piperidine rings is 1. The standard InChI is InChI=1S/C33H39F2N3O4/c1-39-15-2-13-37-14-16-40-32-10-3-23(17-31(32)37)22-41-33-19-36-12-11-28(33)24-4-7-26(8-5-24)42-27-20-38(21-27)25-6-9-29(34)30(35)18-25/h3-10,17-18,27-28,33,36H,2,11-16,19-22H2,1H3. The van der Waals surface area contributed by atoms with Crippen molar-refractivity contribution in [1.29, 1.82) is 0 Å². The zero-order chi connectivity index (χ0) is 28.9. The number of nitrogens with zero attached hydrogens (tertiary/aromatic N) is 2. The second-order valence-electron chi connectivity index (χ2n) is 11.2. The lowest BCUT2D eigenvalue weighted by molar-refractivity contribution is 0.0106. The van der Waals surface area contributed by atoms with E-state index in [0.717, 1.165) is 74.4 Å². The first-order valence-corrected chi connectivity index (χ1v) is 14.9. The number of hydrogen-bond donors (Lipinski definition) is 1. The summed E-state index contributed by atoms with van der Waals surface area (Å²) in [5, 5.41) is 3.49. The number of hydrogen-bond acceptors (Lipinski definition) is 7. The lowest BCUT2D eigenvalue weighted by atomic mass is 9.87. The Morgan fingerprint density at radius 1 is 1.00 bits per heavy atom. The summed E-state index contributed by atoms with van der Waals surface area (Å²) in [5.41, 5.74) is 4.19. The SMILES string of the molecule is COCCCN1CCOc2ccc(COC3CNCCC3c3ccc(OC4CN(c5ccc(F)c(F)c5)C4)cc3)cc21. The molecular weight excluding hydrogens is 540 g/mol. The highest BCUT2D eigenvalue weighted by molar-refractivity contribution is 5.61. The molecule has 42 heavy (non-hydrogen) atoms. The maximum absolute atomic E-state index is 13.6. The van der Waals surface area contributed by atoms with Gasteiger partial charge in [-0.2, -0.15) is 0 Å². The summed E-state index contributed by atoms with van der Waals surface area (Å²) in [6, 6.07) is 18.7. The molecule has 0 amide bonds. The number of fused-ring (bicyclic) bond motifs is 1. The molecule has 2 saturated heterocycles. The molecule has 224 valence electrons. The van der Waals surface area contributed by atoms with E-state index in [1.807, 2.05) is 17.0 Å². The molecule has 6 rings (SSSR count). The summed E-state index contributed by atoms with van der Waals surface area (Å²) in [6.07, 6.45) is 2.05. The van der Waals surface area contributed by atoms with Crippen LogP contribution in [0.3, 0.4) is 0 Å². The van der Waals surface area contributed by atoms with Crippen LogP contribution in [-0.4, -0.2) is 71.8 Å². The van der Waals surface area contributed by atoms with Gasteiger partial charge in [-0.1, -0.05) is 18.2 Å². The van der Waals surface area contributed by atoms with E-state index in [9.17, 15) is 8.78 Å². The normalized spacial score (nSPS) is 20.5. The molecule has 2 fully saturated rings. The van der Waals surface area contributed by atoms with Gasteiger partial charge in [0.15, 0.2) is 11.6 Å². The van der Waals surface area contributed by atoms with Gasteiger partial charge >= 0.3 is 0 Å². The maximum Gasteiger partial charge on any atom is 0.160 e. The van der Waals surface area contributed by atoms with Gasteiger partial charge < -0.3 is 34.1 Å². The molecule has 0 aromatic heterocycles. The van der Waals surface area contributed by atoms with E-state index in [2.05, 4.69) is 40.5 Å². The summed E-state index contributed by atoms with van der Waals surface area (Å²) >= 11 is 0. The van der Waals surface area contributed by atoms with Crippen LogP contribution in [0.15, 0.2) is 60.7 Å². The van der Waals surface area contributed by atoms with Gasteiger partial charge in [0.25, 0.3) is 0 Å². The average molecular weight is 580 g/mol. The predicted octanol–water partition coefficient (Wildman–Crippen LogP) is 5.13. The van der Waals surface area contributed by atoms with Crippen LogP contribution in [0.25, 0.3) is 0 Å². The van der Waals surface area contributed by atoms with Gasteiger partial charge in [-0.05, 0) is 66.9 Å². The minimum absolute atomic E-state index is 0.0110. The monoisotopic (exact) mass is 579 g/mol. The molecule has 0 radical (unpaired) electrons. The Kier molecular flexibility index (Phi) is 9.07. The van der Waals surface area contributed by atoms with Gasteiger partial charge in [0, 0.05) is 44.5 Å². The quantitative estimate of drug-likeness (QED) is 0.316. The van der Waals surface area contributed by atoms with E-state index in [-0.39, 0.29) is 12.2 Å². The fourth-order valence-corrected chi connectivity index (χ4v) is 6.02. The molecule has 0 bridgehead atoms. The number of methoxy groups -OCH3 is 1. The first-order valence-electron chi connectivity index (χ1n) is 14.9. The van der Waals surface area contributed by atoms with Gasteiger partial charge in [0.05, 0.1) is 38.0 Å². The van der Waals surface area contributed by atoms with Crippen molar-refractivity contribution in [2.75, 3.05) is 69.4 Å². The smallest absolute Gasteiger partial charge is 0.160 e. The highest BCUT2D eigenvalue weighted by Gasteiger charge is 2.30. The lowest BCUT2D eigenvalue weighted by Crippen LogP contribution is -2.54. The van der Waals surface area contributed by atoms with E-state index in [1.54, 1.807) is 13.2 Å². The second-order valence-corrected chi connectivity index (χ2v) is 11.2. The van der Waals surface area contributed by atoms with Crippen molar-refractivity contribution in [2.24, 2.45) is 0 Å². The number of nitrogens with one attached hydrogen (secondary N) is 1. The van der Waals surface area contributed by atoms with Crippen molar-refractivity contribution >= 4 is 11.4 Å². The Labute approximate surface area is 246 Å². The Bertz CT molecular complexity index is 1340. The molecule has 3 heterocycles. The number of rotatable bonds is 11. The molecule has 3 aliphatic rings. The van der Waals surface area contributed by atoms with E-state index < -0.39 is 11.6 Å². The second kappa shape index (κ2) is 13.3. The minimum Gasteiger partial charge on any atom is -0.490 e. The molecule has 0 aliphatic carbocycles. The van der Waals surface area contributed by atoms with Crippen LogP contribution in [0.2, 0.25) is 0 Å². The van der Waals surface area contributed by atoms with Crippen molar-refractivity contribution in [3.63, 3.8) is 0 Å². The summed E-state index contributed by atoms with van der Waals surface area (Å²) in [5.74, 6) is 0.375. The third-order valence-corrected chi connectivity index (χ3v) is 8.38. The van der Waals surface area contributed by atoms with Crippen LogP contribution in [0.4, 0.5) is 20.2 Å². The Morgan fingerprint density at radius 2 is 1.86 bits per heavy atom. The molecule has 7 nitrogen and oxygen atoms in total.